The highest BCUT2D eigenvalue weighted by atomic mass is 15.2. The van der Waals surface area contributed by atoms with E-state index in [1.807, 2.05) is 0 Å². The first kappa shape index (κ1) is 11.2. The second-order valence-electron chi connectivity index (χ2n) is 7.85. The van der Waals surface area contributed by atoms with Crippen LogP contribution >= 0.6 is 0 Å². The maximum absolute atomic E-state index is 8.84. The Morgan fingerprint density at radius 3 is 2.11 bits per heavy atom. The smallest absolute Gasteiger partial charge is 0.0465 e. The average molecular weight is 245 g/mol. The molecule has 0 radical (unpaired) electrons. The predicted octanol–water partition coefficient (Wildman–Crippen LogP) is 4.39. The Morgan fingerprint density at radius 2 is 1.56 bits per heavy atom. The van der Waals surface area contributed by atoms with Gasteiger partial charge in [0.05, 0.1) is 0 Å². The van der Waals surface area contributed by atoms with Crippen molar-refractivity contribution >= 4 is 0 Å². The fourth-order valence-electron chi connectivity index (χ4n) is 6.52. The SMILES string of the molecule is CC1C2CC3CC1C1CC(C)(N=[N+]=[N-])CC2C1C3. The van der Waals surface area contributed by atoms with E-state index in [2.05, 4.69) is 23.9 Å². The zero-order valence-corrected chi connectivity index (χ0v) is 11.4. The molecule has 5 rings (SSSR count). The van der Waals surface area contributed by atoms with E-state index < -0.39 is 0 Å². The van der Waals surface area contributed by atoms with Crippen molar-refractivity contribution in [3.8, 4) is 0 Å². The number of azide groups is 1. The van der Waals surface area contributed by atoms with Gasteiger partial charge in [0.1, 0.15) is 0 Å². The summed E-state index contributed by atoms with van der Waals surface area (Å²) in [6.07, 6.45) is 6.75. The lowest BCUT2D eigenvalue weighted by atomic mass is 9.40. The number of nitrogens with zero attached hydrogens (tertiary/aromatic N) is 3. The number of rotatable bonds is 1. The molecule has 5 aliphatic rings. The molecule has 0 aliphatic heterocycles. The molecule has 0 saturated heterocycles. The first-order chi connectivity index (χ1) is 8.61. The van der Waals surface area contributed by atoms with Crippen molar-refractivity contribution in [2.45, 2.75) is 51.5 Å². The molecule has 4 unspecified atom stereocenters. The Balaban J connectivity index is 1.74. The van der Waals surface area contributed by atoms with Crippen molar-refractivity contribution in [1.82, 2.24) is 0 Å². The summed E-state index contributed by atoms with van der Waals surface area (Å²) < 4.78 is 0. The van der Waals surface area contributed by atoms with Crippen LogP contribution in [0.1, 0.15) is 46.0 Å². The normalized spacial score (nSPS) is 60.4. The molecular formula is C15H23N3. The van der Waals surface area contributed by atoms with Gasteiger partial charge in [-0.3, -0.25) is 0 Å². The second kappa shape index (κ2) is 3.45. The average Bonchev–Trinajstić information content (AvgIpc) is 2.33. The molecule has 5 fully saturated rings. The van der Waals surface area contributed by atoms with Crippen LogP contribution in [-0.4, -0.2) is 5.54 Å². The molecule has 0 aromatic rings. The van der Waals surface area contributed by atoms with Gasteiger partial charge in [0.25, 0.3) is 0 Å². The maximum atomic E-state index is 8.84. The van der Waals surface area contributed by atoms with E-state index in [0.29, 0.717) is 0 Å². The summed E-state index contributed by atoms with van der Waals surface area (Å²) in [5.74, 6) is 6.56. The number of hydrogen-bond donors (Lipinski definition) is 0. The quantitative estimate of drug-likeness (QED) is 0.373. The van der Waals surface area contributed by atoms with Gasteiger partial charge in [-0.25, -0.2) is 0 Å². The minimum Gasteiger partial charge on any atom is -0.0875 e. The van der Waals surface area contributed by atoms with Crippen LogP contribution in [-0.2, 0) is 0 Å². The van der Waals surface area contributed by atoms with E-state index in [1.165, 1.54) is 19.3 Å². The van der Waals surface area contributed by atoms with E-state index >= 15 is 0 Å². The van der Waals surface area contributed by atoms with Crippen LogP contribution in [0.3, 0.4) is 0 Å². The molecule has 0 spiro atoms. The largest absolute Gasteiger partial charge is 0.0875 e. The fourth-order valence-corrected chi connectivity index (χ4v) is 6.52. The van der Waals surface area contributed by atoms with Crippen molar-refractivity contribution in [1.29, 1.82) is 0 Å². The topological polar surface area (TPSA) is 48.8 Å². The molecule has 0 heterocycles. The van der Waals surface area contributed by atoms with Crippen LogP contribution in [0.2, 0.25) is 0 Å². The Hall–Kier alpha value is -0.690. The van der Waals surface area contributed by atoms with Gasteiger partial charge in [-0.1, -0.05) is 19.0 Å². The predicted molar refractivity (Wildman–Crippen MR) is 70.7 cm³/mol. The highest BCUT2D eigenvalue weighted by Crippen LogP contribution is 2.67. The Labute approximate surface area is 109 Å². The molecule has 5 aliphatic carbocycles. The van der Waals surface area contributed by atoms with Gasteiger partial charge in [0, 0.05) is 10.5 Å². The molecule has 0 aromatic heterocycles. The third kappa shape index (κ3) is 1.29. The van der Waals surface area contributed by atoms with Gasteiger partial charge in [-0.15, -0.1) is 0 Å². The van der Waals surface area contributed by atoms with Crippen LogP contribution in [0.25, 0.3) is 10.4 Å². The van der Waals surface area contributed by atoms with E-state index in [1.54, 1.807) is 0 Å². The van der Waals surface area contributed by atoms with Crippen molar-refractivity contribution in [3.05, 3.63) is 10.4 Å². The lowest BCUT2D eigenvalue weighted by Gasteiger charge is -2.66. The van der Waals surface area contributed by atoms with E-state index in [4.69, 9.17) is 5.53 Å². The third-order valence-electron chi connectivity index (χ3n) is 7.00. The van der Waals surface area contributed by atoms with Gasteiger partial charge >= 0.3 is 0 Å². The van der Waals surface area contributed by atoms with Crippen LogP contribution in [0.15, 0.2) is 5.11 Å². The summed E-state index contributed by atoms with van der Waals surface area (Å²) in [6, 6.07) is 0. The highest BCUT2D eigenvalue weighted by Gasteiger charge is 2.60. The standard InChI is InChI=1S/C15H23N3/c1-8-10-3-9-4-11(8)14-7-15(2,17-18-16)6-13(10)12(14)5-9/h8-14H,3-7H2,1-2H3. The highest BCUT2D eigenvalue weighted by molar-refractivity contribution is 5.11. The summed E-state index contributed by atoms with van der Waals surface area (Å²) in [5, 5.41) is 4.18. The van der Waals surface area contributed by atoms with Crippen LogP contribution in [0.5, 0.6) is 0 Å². The molecular weight excluding hydrogens is 222 g/mol. The van der Waals surface area contributed by atoms with Gasteiger partial charge in [-0.05, 0) is 79.1 Å². The molecule has 4 atom stereocenters. The van der Waals surface area contributed by atoms with Gasteiger partial charge < -0.3 is 0 Å². The van der Waals surface area contributed by atoms with E-state index in [9.17, 15) is 0 Å². The minimum atomic E-state index is -0.0819. The molecule has 3 nitrogen and oxygen atoms in total. The van der Waals surface area contributed by atoms with E-state index in [-0.39, 0.29) is 5.54 Å². The Morgan fingerprint density at radius 1 is 1.00 bits per heavy atom. The minimum absolute atomic E-state index is 0.0819. The lowest BCUT2D eigenvalue weighted by Crippen LogP contribution is -2.60. The van der Waals surface area contributed by atoms with Crippen molar-refractivity contribution < 1.29 is 0 Å². The summed E-state index contributed by atoms with van der Waals surface area (Å²) in [5.41, 5.74) is 8.75. The molecule has 0 aromatic carbocycles. The zero-order valence-electron chi connectivity index (χ0n) is 11.4. The van der Waals surface area contributed by atoms with Crippen molar-refractivity contribution in [3.63, 3.8) is 0 Å². The van der Waals surface area contributed by atoms with E-state index in [0.717, 1.165) is 54.3 Å². The Kier molecular flexibility index (Phi) is 2.14. The van der Waals surface area contributed by atoms with Crippen molar-refractivity contribution in [2.75, 3.05) is 0 Å². The lowest BCUT2D eigenvalue weighted by molar-refractivity contribution is -0.159. The molecule has 0 amide bonds. The van der Waals surface area contributed by atoms with Gasteiger partial charge in [0.15, 0.2) is 0 Å². The number of hydrogen-bond acceptors (Lipinski definition) is 1. The first-order valence-electron chi connectivity index (χ1n) is 7.67. The van der Waals surface area contributed by atoms with Crippen LogP contribution in [0.4, 0.5) is 0 Å². The summed E-state index contributed by atoms with van der Waals surface area (Å²) in [7, 11) is 0. The van der Waals surface area contributed by atoms with Crippen LogP contribution < -0.4 is 0 Å². The molecule has 98 valence electrons. The molecule has 6 bridgehead atoms. The maximum Gasteiger partial charge on any atom is 0.0465 e. The summed E-state index contributed by atoms with van der Waals surface area (Å²) in [4.78, 5) is 3.13. The first-order valence-corrected chi connectivity index (χ1v) is 7.67. The van der Waals surface area contributed by atoms with Crippen molar-refractivity contribution in [2.24, 2.45) is 46.5 Å². The zero-order chi connectivity index (χ0) is 12.5. The summed E-state index contributed by atoms with van der Waals surface area (Å²) >= 11 is 0. The molecule has 18 heavy (non-hydrogen) atoms. The van der Waals surface area contributed by atoms with Gasteiger partial charge in [0.2, 0.25) is 0 Å². The monoisotopic (exact) mass is 245 g/mol. The Bertz CT molecular complexity index is 388. The molecule has 5 saturated carbocycles. The van der Waals surface area contributed by atoms with Gasteiger partial charge in [-0.2, -0.15) is 0 Å². The third-order valence-corrected chi connectivity index (χ3v) is 7.00. The van der Waals surface area contributed by atoms with Crippen LogP contribution in [0, 0.1) is 41.4 Å². The summed E-state index contributed by atoms with van der Waals surface area (Å²) in [6.45, 7) is 4.71. The second-order valence-corrected chi connectivity index (χ2v) is 7.85. The molecule has 0 N–H and O–H groups in total. The molecule has 3 heteroatoms. The fraction of sp³-hybridized carbons (Fsp3) is 1.00.